The molecule has 1 rings (SSSR count). The summed E-state index contributed by atoms with van der Waals surface area (Å²) in [4.78, 5) is 10.2. The molecule has 0 aliphatic heterocycles. The molecule has 0 radical (unpaired) electrons. The fraction of sp³-hybridized carbons (Fsp3) is 0.462. The molecule has 82 valence electrons. The molecule has 0 aliphatic rings. The van der Waals surface area contributed by atoms with E-state index >= 15 is 0 Å². The van der Waals surface area contributed by atoms with Crippen LogP contribution in [0.5, 0.6) is 5.75 Å². The standard InChI is InChI=1S/C13H18O2/c1-9-8-10(2)13(15)11(3)12(9)6-4-5-7-14/h7-8,15H,4-6H2,1-3H3. The van der Waals surface area contributed by atoms with Gasteiger partial charge in [0.25, 0.3) is 0 Å². The lowest BCUT2D eigenvalue weighted by Crippen LogP contribution is -1.96. The van der Waals surface area contributed by atoms with E-state index in [-0.39, 0.29) is 0 Å². The van der Waals surface area contributed by atoms with Gasteiger partial charge in [0.2, 0.25) is 0 Å². The van der Waals surface area contributed by atoms with E-state index in [9.17, 15) is 9.90 Å². The number of hydrogen-bond acceptors (Lipinski definition) is 2. The number of carbonyl (C=O) groups is 1. The summed E-state index contributed by atoms with van der Waals surface area (Å²) in [6, 6.07) is 2.00. The topological polar surface area (TPSA) is 37.3 Å². The summed E-state index contributed by atoms with van der Waals surface area (Å²) in [5.41, 5.74) is 4.26. The Bertz CT molecular complexity index is 367. The zero-order valence-corrected chi connectivity index (χ0v) is 9.63. The number of phenolic OH excluding ortho intramolecular Hbond substituents is 1. The minimum absolute atomic E-state index is 0.390. The molecule has 0 bridgehead atoms. The maximum atomic E-state index is 10.2. The molecule has 0 spiro atoms. The second-order valence-electron chi connectivity index (χ2n) is 4.02. The van der Waals surface area contributed by atoms with Crippen LogP contribution in [0.15, 0.2) is 6.07 Å². The van der Waals surface area contributed by atoms with Crippen LogP contribution in [0.2, 0.25) is 0 Å². The molecule has 0 fully saturated rings. The predicted octanol–water partition coefficient (Wildman–Crippen LogP) is 2.84. The number of benzene rings is 1. The number of aryl methyl sites for hydroxylation is 2. The summed E-state index contributed by atoms with van der Waals surface area (Å²) < 4.78 is 0. The Hall–Kier alpha value is -1.31. The molecule has 1 N–H and O–H groups in total. The van der Waals surface area contributed by atoms with Crippen molar-refractivity contribution in [1.29, 1.82) is 0 Å². The lowest BCUT2D eigenvalue weighted by atomic mass is 9.95. The van der Waals surface area contributed by atoms with E-state index < -0.39 is 0 Å². The number of aldehydes is 1. The zero-order chi connectivity index (χ0) is 11.4. The van der Waals surface area contributed by atoms with Crippen LogP contribution < -0.4 is 0 Å². The monoisotopic (exact) mass is 206 g/mol. The Morgan fingerprint density at radius 3 is 2.53 bits per heavy atom. The Kier molecular flexibility index (Phi) is 3.89. The summed E-state index contributed by atoms with van der Waals surface area (Å²) in [7, 11) is 0. The number of phenols is 1. The average Bonchev–Trinajstić information content (AvgIpc) is 2.20. The summed E-state index contributed by atoms with van der Waals surface area (Å²) in [6.45, 7) is 5.89. The number of carbonyl (C=O) groups excluding carboxylic acids is 1. The molecule has 1 aromatic carbocycles. The smallest absolute Gasteiger partial charge is 0.121 e. The van der Waals surface area contributed by atoms with Gasteiger partial charge in [-0.15, -0.1) is 0 Å². The first-order chi connectivity index (χ1) is 7.07. The Labute approximate surface area is 90.9 Å². The third-order valence-electron chi connectivity index (χ3n) is 2.84. The third-order valence-corrected chi connectivity index (χ3v) is 2.84. The number of hydrogen-bond donors (Lipinski definition) is 1. The highest BCUT2D eigenvalue weighted by Crippen LogP contribution is 2.28. The van der Waals surface area contributed by atoms with Gasteiger partial charge in [0.05, 0.1) is 0 Å². The van der Waals surface area contributed by atoms with E-state index in [1.807, 2.05) is 19.9 Å². The van der Waals surface area contributed by atoms with Crippen LogP contribution in [0.4, 0.5) is 0 Å². The van der Waals surface area contributed by atoms with Crippen molar-refractivity contribution >= 4 is 6.29 Å². The lowest BCUT2D eigenvalue weighted by Gasteiger charge is -2.13. The predicted molar refractivity (Wildman–Crippen MR) is 61.3 cm³/mol. The summed E-state index contributed by atoms with van der Waals surface area (Å²) in [6.07, 6.45) is 3.25. The molecule has 15 heavy (non-hydrogen) atoms. The van der Waals surface area contributed by atoms with Crippen molar-refractivity contribution in [3.05, 3.63) is 28.3 Å². The quantitative estimate of drug-likeness (QED) is 0.607. The maximum Gasteiger partial charge on any atom is 0.121 e. The van der Waals surface area contributed by atoms with Crippen LogP contribution in [-0.4, -0.2) is 11.4 Å². The molecule has 0 aliphatic carbocycles. The van der Waals surface area contributed by atoms with Gasteiger partial charge >= 0.3 is 0 Å². The fourth-order valence-corrected chi connectivity index (χ4v) is 1.96. The number of aromatic hydroxyl groups is 1. The summed E-state index contributed by atoms with van der Waals surface area (Å²) in [5, 5.41) is 9.80. The van der Waals surface area contributed by atoms with Gasteiger partial charge < -0.3 is 9.90 Å². The molecule has 2 nitrogen and oxygen atoms in total. The molecule has 0 heterocycles. The zero-order valence-electron chi connectivity index (χ0n) is 9.63. The highest BCUT2D eigenvalue weighted by Gasteiger charge is 2.09. The van der Waals surface area contributed by atoms with Crippen LogP contribution >= 0.6 is 0 Å². The highest BCUT2D eigenvalue weighted by atomic mass is 16.3. The largest absolute Gasteiger partial charge is 0.507 e. The second-order valence-corrected chi connectivity index (χ2v) is 4.02. The molecule has 0 unspecified atom stereocenters. The summed E-state index contributed by atoms with van der Waals surface area (Å²) in [5.74, 6) is 0.390. The van der Waals surface area contributed by atoms with Gasteiger partial charge in [-0.3, -0.25) is 0 Å². The van der Waals surface area contributed by atoms with Gasteiger partial charge in [0.15, 0.2) is 0 Å². The van der Waals surface area contributed by atoms with Crippen LogP contribution in [0.1, 0.15) is 35.1 Å². The maximum absolute atomic E-state index is 10.2. The first-order valence-corrected chi connectivity index (χ1v) is 5.30. The lowest BCUT2D eigenvalue weighted by molar-refractivity contribution is -0.107. The molecule has 0 saturated heterocycles. The SMILES string of the molecule is Cc1cc(C)c(CCCC=O)c(C)c1O. The van der Waals surface area contributed by atoms with Crippen LogP contribution in [0.25, 0.3) is 0 Å². The molecule has 0 saturated carbocycles. The average molecular weight is 206 g/mol. The number of rotatable bonds is 4. The minimum atomic E-state index is 0.390. The normalized spacial score (nSPS) is 10.3. The highest BCUT2D eigenvalue weighted by molar-refractivity contribution is 5.50. The van der Waals surface area contributed by atoms with Crippen molar-refractivity contribution in [1.82, 2.24) is 0 Å². The summed E-state index contributed by atoms with van der Waals surface area (Å²) >= 11 is 0. The van der Waals surface area contributed by atoms with Crippen molar-refractivity contribution in [2.75, 3.05) is 0 Å². The Morgan fingerprint density at radius 1 is 1.27 bits per heavy atom. The van der Waals surface area contributed by atoms with Crippen molar-refractivity contribution in [2.24, 2.45) is 0 Å². The first-order valence-electron chi connectivity index (χ1n) is 5.30. The van der Waals surface area contributed by atoms with Gasteiger partial charge in [-0.25, -0.2) is 0 Å². The molecule has 0 amide bonds. The second kappa shape index (κ2) is 4.96. The van der Waals surface area contributed by atoms with E-state index in [2.05, 4.69) is 6.92 Å². The van der Waals surface area contributed by atoms with Gasteiger partial charge in [-0.1, -0.05) is 6.07 Å². The van der Waals surface area contributed by atoms with Crippen molar-refractivity contribution in [3.63, 3.8) is 0 Å². The van der Waals surface area contributed by atoms with E-state index in [0.717, 1.165) is 30.3 Å². The third kappa shape index (κ3) is 2.58. The van der Waals surface area contributed by atoms with Gasteiger partial charge in [0, 0.05) is 6.42 Å². The molecule has 0 aromatic heterocycles. The Morgan fingerprint density at radius 2 is 1.93 bits per heavy atom. The van der Waals surface area contributed by atoms with Gasteiger partial charge in [-0.2, -0.15) is 0 Å². The minimum Gasteiger partial charge on any atom is -0.507 e. The molecule has 0 atom stereocenters. The van der Waals surface area contributed by atoms with Crippen molar-refractivity contribution < 1.29 is 9.90 Å². The van der Waals surface area contributed by atoms with E-state index in [4.69, 9.17) is 0 Å². The first kappa shape index (κ1) is 11.8. The molecular weight excluding hydrogens is 188 g/mol. The van der Waals surface area contributed by atoms with Crippen LogP contribution in [0.3, 0.4) is 0 Å². The van der Waals surface area contributed by atoms with Crippen molar-refractivity contribution in [3.8, 4) is 5.75 Å². The number of unbranched alkanes of at least 4 members (excludes halogenated alkanes) is 1. The van der Waals surface area contributed by atoms with E-state index in [1.165, 1.54) is 11.1 Å². The van der Waals surface area contributed by atoms with Gasteiger partial charge in [0.1, 0.15) is 12.0 Å². The van der Waals surface area contributed by atoms with E-state index in [1.54, 1.807) is 0 Å². The molecule has 2 heteroatoms. The van der Waals surface area contributed by atoms with Crippen molar-refractivity contribution in [2.45, 2.75) is 40.0 Å². The molecule has 1 aromatic rings. The van der Waals surface area contributed by atoms with Crippen LogP contribution in [-0.2, 0) is 11.2 Å². The van der Waals surface area contributed by atoms with Crippen LogP contribution in [0, 0.1) is 20.8 Å². The molecular formula is C13H18O2. The fourth-order valence-electron chi connectivity index (χ4n) is 1.96. The Balaban J connectivity index is 2.96. The van der Waals surface area contributed by atoms with E-state index in [0.29, 0.717) is 12.2 Å². The van der Waals surface area contributed by atoms with Gasteiger partial charge in [-0.05, 0) is 55.9 Å².